The van der Waals surface area contributed by atoms with Gasteiger partial charge in [-0.25, -0.2) is 0 Å². The Balaban J connectivity index is -0.000000142. The molecule has 0 aliphatic carbocycles. The Kier molecular flexibility index (Phi) is 17.0. The summed E-state index contributed by atoms with van der Waals surface area (Å²) in [6.07, 6.45) is 0. The molecule has 0 heterocycles. The molecular weight excluding hydrogens is 191 g/mol. The molecule has 5 nitrogen and oxygen atoms in total. The van der Waals surface area contributed by atoms with Crippen molar-refractivity contribution in [2.24, 2.45) is 0 Å². The number of aliphatic carboxylic acids is 1. The first-order valence-corrected chi connectivity index (χ1v) is 2.72. The number of carboxylic acids is 1. The Morgan fingerprint density at radius 3 is 1.17 bits per heavy atom. The van der Waals surface area contributed by atoms with Gasteiger partial charge in [0.05, 0.1) is 0 Å². The van der Waals surface area contributed by atoms with E-state index in [1.54, 1.807) is 0 Å². The maximum absolute atomic E-state index is 9.81. The minimum atomic E-state index is -1.08. The fourth-order valence-electron chi connectivity index (χ4n) is 0.202. The molecule has 6 heteroatoms. The van der Waals surface area contributed by atoms with Gasteiger partial charge in [-0.2, -0.15) is 0 Å². The maximum atomic E-state index is 9.81. The van der Waals surface area contributed by atoms with Gasteiger partial charge < -0.3 is 14.6 Å². The summed E-state index contributed by atoms with van der Waals surface area (Å²) in [4.78, 5) is 28.5. The van der Waals surface area contributed by atoms with Crippen LogP contribution in [0.4, 0.5) is 0 Å². The molecule has 0 saturated carbocycles. The van der Waals surface area contributed by atoms with E-state index in [2.05, 4.69) is 4.74 Å². The Bertz CT molecular complexity index is 149. The molecule has 12 heavy (non-hydrogen) atoms. The van der Waals surface area contributed by atoms with Crippen LogP contribution in [0.15, 0.2) is 0 Å². The Labute approximate surface area is 113 Å². The largest absolute Gasteiger partial charge is 1.00 e. The van der Waals surface area contributed by atoms with E-state index >= 15 is 0 Å². The van der Waals surface area contributed by atoms with Crippen molar-refractivity contribution >= 4 is 17.9 Å². The summed E-state index contributed by atoms with van der Waals surface area (Å²) in [5.74, 6) is -2.21. The van der Waals surface area contributed by atoms with Gasteiger partial charge in [-0.3, -0.25) is 9.59 Å². The zero-order valence-corrected chi connectivity index (χ0v) is 10.7. The van der Waals surface area contributed by atoms with E-state index in [0.717, 1.165) is 6.92 Å². The second-order valence-electron chi connectivity index (χ2n) is 1.58. The monoisotopic (exact) mass is 200 g/mol. The first-order valence-electron chi connectivity index (χ1n) is 2.72. The van der Waals surface area contributed by atoms with Gasteiger partial charge in [-0.15, -0.1) is 0 Å². The molecule has 0 saturated heterocycles. The van der Waals surface area contributed by atoms with Crippen molar-refractivity contribution < 1.29 is 75.6 Å². The van der Waals surface area contributed by atoms with E-state index in [1.165, 1.54) is 13.8 Å². The van der Waals surface area contributed by atoms with Gasteiger partial charge in [0, 0.05) is 19.8 Å². The van der Waals surface area contributed by atoms with E-state index in [9.17, 15) is 9.59 Å². The molecule has 0 bridgehead atoms. The maximum Gasteiger partial charge on any atom is 1.00 e. The summed E-state index contributed by atoms with van der Waals surface area (Å²) in [7, 11) is 0. The minimum absolute atomic E-state index is 0. The number of hydrogen-bond acceptors (Lipinski definition) is 5. The van der Waals surface area contributed by atoms with Gasteiger partial charge in [0.15, 0.2) is 0 Å². The van der Waals surface area contributed by atoms with Crippen LogP contribution in [0.5, 0.6) is 0 Å². The van der Waals surface area contributed by atoms with E-state index in [4.69, 9.17) is 9.90 Å². The van der Waals surface area contributed by atoms with Crippen LogP contribution in [0.3, 0.4) is 0 Å². The molecule has 0 N–H and O–H groups in total. The summed E-state index contributed by atoms with van der Waals surface area (Å²) in [6.45, 7) is 3.34. The Morgan fingerprint density at radius 2 is 1.17 bits per heavy atom. The fraction of sp³-hybridized carbons (Fsp3) is 0.500. The summed E-state index contributed by atoms with van der Waals surface area (Å²) < 4.78 is 3.97. The van der Waals surface area contributed by atoms with Crippen LogP contribution in [-0.4, -0.2) is 17.9 Å². The zero-order chi connectivity index (χ0) is 9.44. The molecule has 0 rings (SSSR count). The topological polar surface area (TPSA) is 83.5 Å². The number of carbonyl (C=O) groups is 3. The summed E-state index contributed by atoms with van der Waals surface area (Å²) in [5, 5.41) is 8.89. The van der Waals surface area contributed by atoms with E-state index in [0.29, 0.717) is 0 Å². The Morgan fingerprint density at radius 1 is 1.00 bits per heavy atom. The molecule has 64 valence electrons. The number of carbonyl (C=O) groups excluding carboxylic acids is 3. The summed E-state index contributed by atoms with van der Waals surface area (Å²) in [5.41, 5.74) is 0. The van der Waals surface area contributed by atoms with E-state index in [1.807, 2.05) is 0 Å². The number of rotatable bonds is 0. The molecule has 0 aromatic carbocycles. The predicted molar refractivity (Wildman–Crippen MR) is 33.1 cm³/mol. The van der Waals surface area contributed by atoms with Crippen LogP contribution in [-0.2, 0) is 19.1 Å². The van der Waals surface area contributed by atoms with Crippen molar-refractivity contribution in [2.45, 2.75) is 20.8 Å². The van der Waals surface area contributed by atoms with Gasteiger partial charge in [0.1, 0.15) is 0 Å². The van der Waals surface area contributed by atoms with Gasteiger partial charge >= 0.3 is 63.3 Å². The van der Waals surface area contributed by atoms with Crippen LogP contribution in [0, 0.1) is 0 Å². The SMILES string of the molecule is CC(=O)OC(C)=O.CC(=O)[O-].[K+]. The first-order chi connectivity index (χ1) is 4.86. The van der Waals surface area contributed by atoms with Crippen LogP contribution in [0.2, 0.25) is 0 Å². The number of carboxylic acid groups (broad SMARTS) is 1. The van der Waals surface area contributed by atoms with Crippen LogP contribution >= 0.6 is 0 Å². The van der Waals surface area contributed by atoms with Gasteiger partial charge in [0.2, 0.25) is 0 Å². The standard InChI is InChI=1S/C4H6O3.C2H4O2.K/c1-3(5)7-4(2)6;1-2(3)4;/h1-2H3;1H3,(H,3,4);/q;;+1/p-1. The Hall–Kier alpha value is 0.246. The van der Waals surface area contributed by atoms with E-state index in [-0.39, 0.29) is 51.4 Å². The molecule has 0 atom stereocenters. The summed E-state index contributed by atoms with van der Waals surface area (Å²) in [6, 6.07) is 0. The molecule has 0 radical (unpaired) electrons. The molecular formula is C6H9KO5. The predicted octanol–water partition coefficient (Wildman–Crippen LogP) is -4.14. The van der Waals surface area contributed by atoms with Crippen LogP contribution < -0.4 is 56.5 Å². The average Bonchev–Trinajstić information content (AvgIpc) is 1.56. The van der Waals surface area contributed by atoms with Crippen molar-refractivity contribution in [3.8, 4) is 0 Å². The smallest absolute Gasteiger partial charge is 0.550 e. The number of esters is 2. The molecule has 0 spiro atoms. The van der Waals surface area contributed by atoms with Crippen LogP contribution in [0.25, 0.3) is 0 Å². The normalized spacial score (nSPS) is 6.58. The second-order valence-corrected chi connectivity index (χ2v) is 1.58. The molecule has 0 aliphatic rings. The third-order valence-corrected chi connectivity index (χ3v) is 0.287. The van der Waals surface area contributed by atoms with Gasteiger partial charge in [-0.1, -0.05) is 0 Å². The summed E-state index contributed by atoms with van der Waals surface area (Å²) >= 11 is 0. The minimum Gasteiger partial charge on any atom is -0.550 e. The van der Waals surface area contributed by atoms with Gasteiger partial charge in [-0.05, 0) is 6.92 Å². The average molecular weight is 200 g/mol. The van der Waals surface area contributed by atoms with Crippen molar-refractivity contribution in [1.82, 2.24) is 0 Å². The molecule has 0 aromatic rings. The van der Waals surface area contributed by atoms with E-state index < -0.39 is 17.9 Å². The van der Waals surface area contributed by atoms with Crippen molar-refractivity contribution in [3.05, 3.63) is 0 Å². The molecule has 0 amide bonds. The number of ether oxygens (including phenoxy) is 1. The fourth-order valence-corrected chi connectivity index (χ4v) is 0.202. The molecule has 0 aliphatic heterocycles. The van der Waals surface area contributed by atoms with Crippen LogP contribution in [0.1, 0.15) is 20.8 Å². The van der Waals surface area contributed by atoms with Crippen molar-refractivity contribution in [3.63, 3.8) is 0 Å². The quantitative estimate of drug-likeness (QED) is 0.225. The number of hydrogen-bond donors (Lipinski definition) is 0. The first kappa shape index (κ1) is 18.1. The van der Waals surface area contributed by atoms with Gasteiger partial charge in [0.25, 0.3) is 0 Å². The van der Waals surface area contributed by atoms with Crippen molar-refractivity contribution in [1.29, 1.82) is 0 Å². The third-order valence-electron chi connectivity index (χ3n) is 0.287. The second kappa shape index (κ2) is 11.2. The molecule has 0 fully saturated rings. The third kappa shape index (κ3) is 48.6. The van der Waals surface area contributed by atoms with Crippen molar-refractivity contribution in [2.75, 3.05) is 0 Å². The zero-order valence-electron chi connectivity index (χ0n) is 7.54. The molecule has 0 aromatic heterocycles. The molecule has 0 unspecified atom stereocenters.